The fourth-order valence-electron chi connectivity index (χ4n) is 1.93. The van der Waals surface area contributed by atoms with E-state index in [-0.39, 0.29) is 11.0 Å². The van der Waals surface area contributed by atoms with Crippen LogP contribution >= 0.6 is 19.6 Å². The summed E-state index contributed by atoms with van der Waals surface area (Å²) in [5.74, 6) is 0.800. The van der Waals surface area contributed by atoms with Crippen LogP contribution in [-0.2, 0) is 11.0 Å². The first kappa shape index (κ1) is 16.5. The van der Waals surface area contributed by atoms with Crippen molar-refractivity contribution in [3.8, 4) is 11.5 Å². The number of rotatable bonds is 5. The highest BCUT2D eigenvalue weighted by molar-refractivity contribution is 7.47. The lowest BCUT2D eigenvalue weighted by atomic mass is 10.1. The van der Waals surface area contributed by atoms with Crippen LogP contribution in [0.25, 0.3) is 0 Å². The van der Waals surface area contributed by atoms with E-state index in [1.165, 1.54) is 12.1 Å². The average Bonchev–Trinajstić information content (AvgIpc) is 2.48. The molecule has 0 aliphatic heterocycles. The summed E-state index contributed by atoms with van der Waals surface area (Å²) in [6.07, 6.45) is 0.483. The van der Waals surface area contributed by atoms with Crippen molar-refractivity contribution in [2.45, 2.75) is 13.3 Å². The van der Waals surface area contributed by atoms with Gasteiger partial charge in [0.05, 0.1) is 4.92 Å². The van der Waals surface area contributed by atoms with Gasteiger partial charge < -0.3 is 9.63 Å². The number of hydrogen-bond donors (Lipinski definition) is 1. The van der Waals surface area contributed by atoms with E-state index in [0.29, 0.717) is 28.5 Å². The average molecular weight is 342 g/mol. The zero-order valence-electron chi connectivity index (χ0n) is 11.6. The molecule has 6 nitrogen and oxygen atoms in total. The highest BCUT2D eigenvalue weighted by atomic mass is 35.5. The molecule has 0 saturated heterocycles. The van der Waals surface area contributed by atoms with Crippen LogP contribution in [0.2, 0.25) is 5.02 Å². The summed E-state index contributed by atoms with van der Waals surface area (Å²) in [6.45, 7) is 1.81. The van der Waals surface area contributed by atoms with Crippen LogP contribution in [-0.4, -0.2) is 9.82 Å². The Bertz CT molecular complexity index is 733. The summed E-state index contributed by atoms with van der Waals surface area (Å²) in [7, 11) is -3.22. The van der Waals surface area contributed by atoms with Crippen molar-refractivity contribution < 1.29 is 19.1 Å². The second-order valence-electron chi connectivity index (χ2n) is 4.45. The monoisotopic (exact) mass is 341 g/mol. The summed E-state index contributed by atoms with van der Waals surface area (Å²) < 4.78 is 17.0. The zero-order valence-corrected chi connectivity index (χ0v) is 13.3. The molecule has 0 radical (unpaired) electrons. The number of nitro groups is 1. The molecule has 1 N–H and O–H groups in total. The largest absolute Gasteiger partial charge is 0.457 e. The van der Waals surface area contributed by atoms with Gasteiger partial charge in [-0.3, -0.25) is 14.7 Å². The van der Waals surface area contributed by atoms with Crippen LogP contribution in [0.1, 0.15) is 12.5 Å². The van der Waals surface area contributed by atoms with Crippen molar-refractivity contribution in [3.05, 3.63) is 57.1 Å². The Morgan fingerprint density at radius 3 is 2.45 bits per heavy atom. The maximum absolute atomic E-state index is 11.4. The molecular formula is C14H13ClNO5P. The molecule has 0 saturated carbocycles. The third-order valence-corrected chi connectivity index (χ3v) is 4.14. The molecule has 1 unspecified atom stereocenters. The first-order chi connectivity index (χ1) is 10.4. The molecule has 1 atom stereocenters. The minimum Gasteiger partial charge on any atom is -0.457 e. The van der Waals surface area contributed by atoms with E-state index in [0.717, 1.165) is 0 Å². The fourth-order valence-corrected chi connectivity index (χ4v) is 2.70. The fraction of sp³-hybridized carbons (Fsp3) is 0.143. The molecule has 0 heterocycles. The minimum absolute atomic E-state index is 0.226. The smallest absolute Gasteiger partial charge is 0.282 e. The van der Waals surface area contributed by atoms with Gasteiger partial charge in [0.1, 0.15) is 16.8 Å². The summed E-state index contributed by atoms with van der Waals surface area (Å²) in [4.78, 5) is 19.7. The van der Waals surface area contributed by atoms with Crippen molar-refractivity contribution in [1.29, 1.82) is 0 Å². The van der Waals surface area contributed by atoms with Crippen molar-refractivity contribution >= 4 is 30.6 Å². The van der Waals surface area contributed by atoms with Crippen LogP contribution in [0, 0.1) is 10.1 Å². The van der Waals surface area contributed by atoms with E-state index < -0.39 is 13.0 Å². The van der Waals surface area contributed by atoms with Gasteiger partial charge in [-0.1, -0.05) is 18.5 Å². The van der Waals surface area contributed by atoms with E-state index in [9.17, 15) is 19.6 Å². The molecule has 8 heteroatoms. The number of ether oxygens (including phenoxy) is 1. The molecule has 116 valence electrons. The van der Waals surface area contributed by atoms with Gasteiger partial charge in [-0.25, -0.2) is 0 Å². The Morgan fingerprint density at radius 1 is 1.32 bits per heavy atom. The number of aryl methyl sites for hydroxylation is 1. The van der Waals surface area contributed by atoms with Crippen LogP contribution in [0.3, 0.4) is 0 Å². The SMILES string of the molecule is CCc1cc([N+](=O)[O-])c([PH](=O)O)cc1Oc1ccc(Cl)cc1. The molecule has 22 heavy (non-hydrogen) atoms. The number of nitro benzene ring substituents is 1. The number of halogens is 1. The van der Waals surface area contributed by atoms with Gasteiger partial charge in [-0.2, -0.15) is 0 Å². The van der Waals surface area contributed by atoms with Gasteiger partial charge >= 0.3 is 0 Å². The maximum atomic E-state index is 11.4. The van der Waals surface area contributed by atoms with Gasteiger partial charge in [-0.05, 0) is 30.7 Å². The number of nitrogens with zero attached hydrogens (tertiary/aromatic N) is 1. The van der Waals surface area contributed by atoms with Crippen LogP contribution < -0.4 is 10.0 Å². The van der Waals surface area contributed by atoms with Crippen molar-refractivity contribution in [1.82, 2.24) is 0 Å². The van der Waals surface area contributed by atoms with Gasteiger partial charge in [0.15, 0.2) is 0 Å². The Kier molecular flexibility index (Phi) is 5.19. The molecule has 0 amide bonds. The highest BCUT2D eigenvalue weighted by Gasteiger charge is 2.21. The van der Waals surface area contributed by atoms with E-state index in [1.54, 1.807) is 24.3 Å². The molecular weight excluding hydrogens is 329 g/mol. The Balaban J connectivity index is 2.50. The summed E-state index contributed by atoms with van der Waals surface area (Å²) in [6, 6.07) is 9.11. The number of benzene rings is 2. The van der Waals surface area contributed by atoms with Crippen LogP contribution in [0.15, 0.2) is 36.4 Å². The molecule has 0 spiro atoms. The summed E-state index contributed by atoms with van der Waals surface area (Å²) in [5, 5.41) is 11.3. The molecule has 0 bridgehead atoms. The minimum atomic E-state index is -3.22. The topological polar surface area (TPSA) is 89.7 Å². The lowest BCUT2D eigenvalue weighted by Gasteiger charge is -2.12. The quantitative estimate of drug-likeness (QED) is 0.509. The van der Waals surface area contributed by atoms with Crippen LogP contribution in [0.4, 0.5) is 5.69 Å². The van der Waals surface area contributed by atoms with Gasteiger partial charge in [-0.15, -0.1) is 0 Å². The first-order valence-corrected chi connectivity index (χ1v) is 8.13. The predicted molar refractivity (Wildman–Crippen MR) is 84.9 cm³/mol. The van der Waals surface area contributed by atoms with Crippen LogP contribution in [0.5, 0.6) is 11.5 Å². The first-order valence-electron chi connectivity index (χ1n) is 6.40. The molecule has 2 aromatic rings. The normalized spacial score (nSPS) is 12.0. The van der Waals surface area contributed by atoms with E-state index in [2.05, 4.69) is 0 Å². The lowest BCUT2D eigenvalue weighted by Crippen LogP contribution is -2.08. The van der Waals surface area contributed by atoms with Gasteiger partial charge in [0.25, 0.3) is 5.69 Å². The molecule has 0 aliphatic carbocycles. The Hall–Kier alpha value is -1.88. The summed E-state index contributed by atoms with van der Waals surface area (Å²) in [5.41, 5.74) is 0.209. The predicted octanol–water partition coefficient (Wildman–Crippen LogP) is 3.70. The molecule has 0 aliphatic rings. The maximum Gasteiger partial charge on any atom is 0.282 e. The highest BCUT2D eigenvalue weighted by Crippen LogP contribution is 2.32. The third-order valence-electron chi connectivity index (χ3n) is 3.03. The second kappa shape index (κ2) is 6.92. The van der Waals surface area contributed by atoms with Gasteiger partial charge in [0, 0.05) is 22.7 Å². The third kappa shape index (κ3) is 3.65. The zero-order chi connectivity index (χ0) is 16.3. The number of hydrogen-bond acceptors (Lipinski definition) is 4. The van der Waals surface area contributed by atoms with E-state index in [4.69, 9.17) is 16.3 Å². The van der Waals surface area contributed by atoms with Gasteiger partial charge in [0.2, 0.25) is 8.03 Å². The van der Waals surface area contributed by atoms with E-state index >= 15 is 0 Å². The Morgan fingerprint density at radius 2 is 1.95 bits per heavy atom. The second-order valence-corrected chi connectivity index (χ2v) is 6.03. The molecule has 0 aromatic heterocycles. The standard InChI is InChI=1S/C14H13ClNO5P/c1-2-9-7-12(16(17)18)14(22(19)20)8-13(9)21-11-5-3-10(15)4-6-11/h3-8,22H,2H2,1H3,(H,19,20). The van der Waals surface area contributed by atoms with Crippen molar-refractivity contribution in [2.24, 2.45) is 0 Å². The van der Waals surface area contributed by atoms with E-state index in [1.807, 2.05) is 6.92 Å². The lowest BCUT2D eigenvalue weighted by molar-refractivity contribution is -0.383. The van der Waals surface area contributed by atoms with Crippen molar-refractivity contribution in [2.75, 3.05) is 0 Å². The Labute approximate surface area is 132 Å². The summed E-state index contributed by atoms with van der Waals surface area (Å²) >= 11 is 5.79. The molecule has 0 fully saturated rings. The van der Waals surface area contributed by atoms with Crippen molar-refractivity contribution in [3.63, 3.8) is 0 Å². The molecule has 2 rings (SSSR count). The molecule has 2 aromatic carbocycles.